The molecule has 2 aromatic rings. The van der Waals surface area contributed by atoms with E-state index in [0.717, 1.165) is 29.1 Å². The Kier molecular flexibility index (Phi) is 3.21. The lowest BCUT2D eigenvalue weighted by Crippen LogP contribution is -1.81. The van der Waals surface area contributed by atoms with Crippen LogP contribution >= 0.6 is 35.1 Å². The van der Waals surface area contributed by atoms with Gasteiger partial charge in [0.1, 0.15) is 11.1 Å². The summed E-state index contributed by atoms with van der Waals surface area (Å²) < 4.78 is 8.18. The molecule has 0 unspecified atom stereocenters. The van der Waals surface area contributed by atoms with Crippen LogP contribution in [0.1, 0.15) is 0 Å². The monoisotopic (exact) mass is 253 g/mol. The van der Waals surface area contributed by atoms with Gasteiger partial charge in [-0.05, 0) is 6.07 Å². The summed E-state index contributed by atoms with van der Waals surface area (Å²) in [7, 11) is 0. The van der Waals surface area contributed by atoms with Gasteiger partial charge >= 0.3 is 0 Å². The van der Waals surface area contributed by atoms with Gasteiger partial charge in [0, 0.05) is 17.3 Å². The first kappa shape index (κ1) is 10.4. The molecule has 1 heterocycles. The van der Waals surface area contributed by atoms with Gasteiger partial charge in [-0.2, -0.15) is 14.0 Å². The van der Waals surface area contributed by atoms with Gasteiger partial charge in [0.25, 0.3) is 0 Å². The van der Waals surface area contributed by atoms with Gasteiger partial charge in [0.15, 0.2) is 5.03 Å². The number of hydrogen-bond acceptors (Lipinski definition) is 5. The molecule has 1 aromatic heterocycles. The van der Waals surface area contributed by atoms with E-state index in [0.29, 0.717) is 15.7 Å². The molecule has 0 aliphatic rings. The van der Waals surface area contributed by atoms with Crippen molar-refractivity contribution >= 4 is 35.1 Å². The van der Waals surface area contributed by atoms with Gasteiger partial charge in [0.05, 0.1) is 16.8 Å². The first-order chi connectivity index (χ1) is 7.33. The molecule has 0 aliphatic heterocycles. The minimum atomic E-state index is 0.607. The number of thiocyanates is 1. The maximum Gasteiger partial charge on any atom is 0.152 e. The van der Waals surface area contributed by atoms with Crippen LogP contribution in [0, 0.1) is 10.7 Å². The highest BCUT2D eigenvalue weighted by Gasteiger charge is 2.13. The van der Waals surface area contributed by atoms with Crippen molar-refractivity contribution in [3.8, 4) is 16.7 Å². The Bertz CT molecular complexity index is 518. The Morgan fingerprint density at radius 2 is 2.13 bits per heavy atom. The zero-order valence-electron chi connectivity index (χ0n) is 7.35. The predicted octanol–water partition coefficient (Wildman–Crippen LogP) is 3.43. The van der Waals surface area contributed by atoms with Crippen LogP contribution in [-0.4, -0.2) is 8.75 Å². The van der Waals surface area contributed by atoms with Crippen molar-refractivity contribution < 1.29 is 0 Å². The molecule has 15 heavy (non-hydrogen) atoms. The summed E-state index contributed by atoms with van der Waals surface area (Å²) in [5.74, 6) is 0. The van der Waals surface area contributed by atoms with Gasteiger partial charge in [-0.15, -0.1) is 0 Å². The van der Waals surface area contributed by atoms with Crippen LogP contribution in [-0.2, 0) is 0 Å². The van der Waals surface area contributed by atoms with Crippen molar-refractivity contribution in [2.24, 2.45) is 0 Å². The first-order valence-electron chi connectivity index (χ1n) is 3.96. The number of thioether (sulfide) groups is 1. The van der Waals surface area contributed by atoms with Gasteiger partial charge in [-0.1, -0.05) is 29.8 Å². The van der Waals surface area contributed by atoms with Crippen molar-refractivity contribution in [2.75, 3.05) is 0 Å². The number of nitriles is 1. The zero-order chi connectivity index (χ0) is 10.7. The number of hydrogen-bond donors (Lipinski definition) is 0. The largest absolute Gasteiger partial charge is 0.185 e. The summed E-state index contributed by atoms with van der Waals surface area (Å²) in [5, 5.41) is 11.8. The summed E-state index contributed by atoms with van der Waals surface area (Å²) in [6, 6.07) is 7.38. The second kappa shape index (κ2) is 4.62. The number of halogens is 1. The summed E-state index contributed by atoms with van der Waals surface area (Å²) >= 11 is 8.11. The van der Waals surface area contributed by atoms with Gasteiger partial charge < -0.3 is 0 Å². The smallest absolute Gasteiger partial charge is 0.152 e. The lowest BCUT2D eigenvalue weighted by molar-refractivity contribution is 1.27. The Morgan fingerprint density at radius 3 is 2.87 bits per heavy atom. The molecule has 0 saturated heterocycles. The van der Waals surface area contributed by atoms with E-state index in [4.69, 9.17) is 16.9 Å². The maximum atomic E-state index is 8.60. The van der Waals surface area contributed by atoms with Gasteiger partial charge in [0.2, 0.25) is 0 Å². The second-order valence-corrected chi connectivity index (χ2v) is 4.30. The summed E-state index contributed by atoms with van der Waals surface area (Å²) in [6.45, 7) is 0. The number of benzene rings is 1. The third-order valence-electron chi connectivity index (χ3n) is 1.73. The topological polar surface area (TPSA) is 49.6 Å². The number of nitrogens with zero attached hydrogens (tertiary/aromatic N) is 3. The average molecular weight is 254 g/mol. The Hall–Kier alpha value is -1.09. The molecular formula is C9H4ClN3S2. The molecule has 0 amide bonds. The minimum absolute atomic E-state index is 0.607. The predicted molar refractivity (Wildman–Crippen MR) is 61.8 cm³/mol. The molecule has 0 bridgehead atoms. The molecule has 0 atom stereocenters. The van der Waals surface area contributed by atoms with Crippen LogP contribution in [0.4, 0.5) is 0 Å². The molecule has 3 nitrogen and oxygen atoms in total. The first-order valence-corrected chi connectivity index (χ1v) is 5.89. The number of rotatable bonds is 2. The molecule has 0 fully saturated rings. The molecule has 0 N–H and O–H groups in total. The normalized spacial score (nSPS) is 9.87. The molecule has 0 radical (unpaired) electrons. The molecule has 0 spiro atoms. The summed E-state index contributed by atoms with van der Waals surface area (Å²) in [4.78, 5) is 0. The molecule has 1 aromatic carbocycles. The van der Waals surface area contributed by atoms with Crippen LogP contribution in [0.5, 0.6) is 0 Å². The molecule has 0 aliphatic carbocycles. The third kappa shape index (κ3) is 2.12. The van der Waals surface area contributed by atoms with Crippen molar-refractivity contribution in [3.05, 3.63) is 29.3 Å². The van der Waals surface area contributed by atoms with Crippen molar-refractivity contribution in [2.45, 2.75) is 5.03 Å². The SMILES string of the molecule is N#CSc1nsnc1-c1ccccc1Cl. The maximum absolute atomic E-state index is 8.60. The lowest BCUT2D eigenvalue weighted by Gasteiger charge is -1.99. The second-order valence-electron chi connectivity index (χ2n) is 2.59. The average Bonchev–Trinajstić information content (AvgIpc) is 2.67. The van der Waals surface area contributed by atoms with Crippen LogP contribution in [0.25, 0.3) is 11.3 Å². The van der Waals surface area contributed by atoms with Crippen molar-refractivity contribution in [3.63, 3.8) is 0 Å². The van der Waals surface area contributed by atoms with E-state index in [9.17, 15) is 0 Å². The Labute approximate surface area is 100 Å². The van der Waals surface area contributed by atoms with Crippen molar-refractivity contribution in [1.82, 2.24) is 8.75 Å². The van der Waals surface area contributed by atoms with Crippen LogP contribution in [0.15, 0.2) is 29.3 Å². The molecule has 6 heteroatoms. The van der Waals surface area contributed by atoms with Crippen LogP contribution in [0.2, 0.25) is 5.02 Å². The quantitative estimate of drug-likeness (QED) is 0.608. The van der Waals surface area contributed by atoms with E-state index in [1.54, 1.807) is 6.07 Å². The van der Waals surface area contributed by atoms with Crippen molar-refractivity contribution in [1.29, 1.82) is 5.26 Å². The van der Waals surface area contributed by atoms with E-state index in [-0.39, 0.29) is 0 Å². The number of aromatic nitrogens is 2. The molecule has 0 saturated carbocycles. The van der Waals surface area contributed by atoms with Crippen LogP contribution < -0.4 is 0 Å². The highest BCUT2D eigenvalue weighted by molar-refractivity contribution is 8.03. The standard InChI is InChI=1S/C9H4ClN3S2/c10-7-4-2-1-3-6(7)8-9(14-5-11)13-15-12-8/h1-4H. The van der Waals surface area contributed by atoms with Gasteiger partial charge in [-0.3, -0.25) is 0 Å². The van der Waals surface area contributed by atoms with E-state index in [1.165, 1.54) is 0 Å². The molecule has 74 valence electrons. The fraction of sp³-hybridized carbons (Fsp3) is 0. The lowest BCUT2D eigenvalue weighted by atomic mass is 10.2. The van der Waals surface area contributed by atoms with E-state index in [2.05, 4.69) is 8.75 Å². The Morgan fingerprint density at radius 1 is 1.33 bits per heavy atom. The third-order valence-corrected chi connectivity index (χ3v) is 3.27. The van der Waals surface area contributed by atoms with E-state index >= 15 is 0 Å². The molecular weight excluding hydrogens is 250 g/mol. The fourth-order valence-electron chi connectivity index (χ4n) is 1.11. The highest BCUT2D eigenvalue weighted by atomic mass is 35.5. The Balaban J connectivity index is 2.51. The van der Waals surface area contributed by atoms with E-state index < -0.39 is 0 Å². The van der Waals surface area contributed by atoms with Gasteiger partial charge in [-0.25, -0.2) is 0 Å². The summed E-state index contributed by atoms with van der Waals surface area (Å²) in [5.41, 5.74) is 1.49. The van der Waals surface area contributed by atoms with E-state index in [1.807, 2.05) is 23.6 Å². The highest BCUT2D eigenvalue weighted by Crippen LogP contribution is 2.33. The summed E-state index contributed by atoms with van der Waals surface area (Å²) in [6.07, 6.45) is 0. The molecule has 2 rings (SSSR count). The zero-order valence-corrected chi connectivity index (χ0v) is 9.73. The fourth-order valence-corrected chi connectivity index (χ4v) is 2.45. The van der Waals surface area contributed by atoms with Crippen LogP contribution in [0.3, 0.4) is 0 Å². The minimum Gasteiger partial charge on any atom is -0.185 e.